The van der Waals surface area contributed by atoms with Crippen LogP contribution in [0.2, 0.25) is 0 Å². The van der Waals surface area contributed by atoms with Gasteiger partial charge in [0.25, 0.3) is 0 Å². The molecule has 0 aliphatic rings. The van der Waals surface area contributed by atoms with Crippen LogP contribution in [0.15, 0.2) is 5.16 Å². The van der Waals surface area contributed by atoms with Gasteiger partial charge >= 0.3 is 0 Å². The highest BCUT2D eigenvalue weighted by atomic mass is 16.6. The summed E-state index contributed by atoms with van der Waals surface area (Å²) in [5.41, 5.74) is 0.818. The summed E-state index contributed by atoms with van der Waals surface area (Å²) in [6.45, 7) is 3.61. The van der Waals surface area contributed by atoms with Gasteiger partial charge in [-0.15, -0.1) is 0 Å². The maximum absolute atomic E-state index is 4.70. The van der Waals surface area contributed by atoms with Crippen molar-refractivity contribution in [2.24, 2.45) is 5.16 Å². The molecule has 0 unspecified atom stereocenters. The van der Waals surface area contributed by atoms with Crippen molar-refractivity contribution in [1.82, 2.24) is 0 Å². The Labute approximate surface area is 43.2 Å². The van der Waals surface area contributed by atoms with E-state index in [1.165, 1.54) is 0 Å². The van der Waals surface area contributed by atoms with E-state index >= 15 is 0 Å². The highest BCUT2D eigenvalue weighted by Crippen LogP contribution is 1.73. The highest BCUT2D eigenvalue weighted by Gasteiger charge is 1.71. The van der Waals surface area contributed by atoms with Crippen molar-refractivity contribution in [2.45, 2.75) is 13.8 Å². The lowest BCUT2D eigenvalue weighted by Crippen LogP contribution is -1.79. The Kier molecular flexibility index (Phi) is 2.78. The summed E-state index contributed by atoms with van der Waals surface area (Å²) in [7, 11) is 0. The predicted molar refractivity (Wildman–Crippen MR) is 28.7 cm³/mol. The van der Waals surface area contributed by atoms with Gasteiger partial charge in [-0.2, -0.15) is 0 Å². The molecule has 0 aromatic heterocycles. The van der Waals surface area contributed by atoms with Crippen molar-refractivity contribution < 1.29 is 4.84 Å². The Morgan fingerprint density at radius 2 is 2.29 bits per heavy atom. The topological polar surface area (TPSA) is 21.6 Å². The quantitative estimate of drug-likeness (QED) is 0.271. The van der Waals surface area contributed by atoms with Gasteiger partial charge in [0, 0.05) is 0 Å². The predicted octanol–water partition coefficient (Wildman–Crippen LogP) is 0.990. The second-order valence-corrected chi connectivity index (χ2v) is 1.25. The summed E-state index contributed by atoms with van der Waals surface area (Å²) >= 11 is 0. The number of hydrogen-bond acceptors (Lipinski definition) is 2. The van der Waals surface area contributed by atoms with Crippen molar-refractivity contribution in [3.05, 3.63) is 0 Å². The van der Waals surface area contributed by atoms with E-state index in [4.69, 9.17) is 6.42 Å². The molecule has 0 bridgehead atoms. The van der Waals surface area contributed by atoms with Crippen LogP contribution in [0.5, 0.6) is 0 Å². The molecule has 0 saturated heterocycles. The van der Waals surface area contributed by atoms with Crippen molar-refractivity contribution in [1.29, 1.82) is 0 Å². The zero-order valence-corrected chi connectivity index (χ0v) is 4.43. The van der Waals surface area contributed by atoms with E-state index in [0.29, 0.717) is 0 Å². The van der Waals surface area contributed by atoms with Gasteiger partial charge in [-0.3, -0.25) is 0 Å². The molecule has 0 atom stereocenters. The second kappa shape index (κ2) is 3.23. The van der Waals surface area contributed by atoms with E-state index in [1.807, 2.05) is 6.11 Å². The van der Waals surface area contributed by atoms with E-state index in [9.17, 15) is 0 Å². The SMILES string of the molecule is C#CON=C(C)C. The van der Waals surface area contributed by atoms with E-state index in [2.05, 4.69) is 9.99 Å². The first-order chi connectivity index (χ1) is 3.27. The van der Waals surface area contributed by atoms with Crippen LogP contribution < -0.4 is 0 Å². The standard InChI is InChI=1S/C5H7NO/c1-4-7-6-5(2)3/h1H,2-3H3. The number of terminal acetylenes is 1. The molecule has 0 N–H and O–H groups in total. The molecule has 0 aliphatic heterocycles. The molecule has 0 aromatic rings. The molecule has 0 spiro atoms. The van der Waals surface area contributed by atoms with Crippen molar-refractivity contribution in [2.75, 3.05) is 0 Å². The Morgan fingerprint density at radius 3 is 2.43 bits per heavy atom. The molecule has 7 heavy (non-hydrogen) atoms. The third-order valence-electron chi connectivity index (χ3n) is 0.281. The fraction of sp³-hybridized carbons (Fsp3) is 0.400. The molecule has 2 heteroatoms. The van der Waals surface area contributed by atoms with Gasteiger partial charge < -0.3 is 4.84 Å². The molecule has 0 rings (SSSR count). The summed E-state index contributed by atoms with van der Waals surface area (Å²) in [6, 6.07) is 0. The normalized spacial score (nSPS) is 6.43. The lowest BCUT2D eigenvalue weighted by atomic mass is 10.5. The first-order valence-electron chi connectivity index (χ1n) is 1.90. The molecule has 38 valence electrons. The van der Waals surface area contributed by atoms with Crippen LogP contribution in [0.3, 0.4) is 0 Å². The average Bonchev–Trinajstić information content (AvgIpc) is 1.61. The molecule has 0 aromatic carbocycles. The molecule has 0 saturated carbocycles. The Balaban J connectivity index is 3.32. The minimum absolute atomic E-state index is 0.818. The van der Waals surface area contributed by atoms with Crippen LogP contribution in [0.4, 0.5) is 0 Å². The van der Waals surface area contributed by atoms with Crippen LogP contribution in [0.25, 0.3) is 0 Å². The van der Waals surface area contributed by atoms with Crippen LogP contribution in [-0.2, 0) is 4.84 Å². The Morgan fingerprint density at radius 1 is 1.71 bits per heavy atom. The van der Waals surface area contributed by atoms with E-state index in [-0.39, 0.29) is 0 Å². The minimum Gasteiger partial charge on any atom is -0.304 e. The third-order valence-corrected chi connectivity index (χ3v) is 0.281. The van der Waals surface area contributed by atoms with Gasteiger partial charge in [-0.25, -0.2) is 0 Å². The van der Waals surface area contributed by atoms with Gasteiger partial charge in [0.1, 0.15) is 6.11 Å². The van der Waals surface area contributed by atoms with Crippen molar-refractivity contribution >= 4 is 5.71 Å². The number of hydrogen-bond donors (Lipinski definition) is 0. The Bertz CT molecular complexity index is 106. The fourth-order valence-electron chi connectivity index (χ4n) is 0.118. The van der Waals surface area contributed by atoms with Crippen LogP contribution >= 0.6 is 0 Å². The smallest absolute Gasteiger partial charge is 0.145 e. The largest absolute Gasteiger partial charge is 0.304 e. The lowest BCUT2D eigenvalue weighted by Gasteiger charge is -1.81. The average molecular weight is 97.1 g/mol. The van der Waals surface area contributed by atoms with Gasteiger partial charge in [0.15, 0.2) is 0 Å². The highest BCUT2D eigenvalue weighted by molar-refractivity contribution is 5.78. The van der Waals surface area contributed by atoms with E-state index < -0.39 is 0 Å². The number of oxime groups is 1. The molecule has 2 nitrogen and oxygen atoms in total. The van der Waals surface area contributed by atoms with E-state index in [0.717, 1.165) is 5.71 Å². The molecule has 0 aliphatic carbocycles. The van der Waals surface area contributed by atoms with Crippen molar-refractivity contribution in [3.8, 4) is 12.5 Å². The lowest BCUT2D eigenvalue weighted by molar-refractivity contribution is 0.299. The maximum Gasteiger partial charge on any atom is 0.145 e. The monoisotopic (exact) mass is 97.1 g/mol. The van der Waals surface area contributed by atoms with Crippen LogP contribution in [0, 0.1) is 12.5 Å². The van der Waals surface area contributed by atoms with Crippen LogP contribution in [0.1, 0.15) is 13.8 Å². The first-order valence-corrected chi connectivity index (χ1v) is 1.90. The molecule has 0 radical (unpaired) electrons. The summed E-state index contributed by atoms with van der Waals surface area (Å²) < 4.78 is 0. The summed E-state index contributed by atoms with van der Waals surface area (Å²) in [4.78, 5) is 4.21. The zero-order valence-electron chi connectivity index (χ0n) is 4.43. The van der Waals surface area contributed by atoms with E-state index in [1.54, 1.807) is 13.8 Å². The van der Waals surface area contributed by atoms with Gasteiger partial charge in [0.2, 0.25) is 0 Å². The molecular formula is C5H7NO. The summed E-state index contributed by atoms with van der Waals surface area (Å²) in [5.74, 6) is 0. The number of rotatable bonds is 1. The fourth-order valence-corrected chi connectivity index (χ4v) is 0.118. The van der Waals surface area contributed by atoms with Gasteiger partial charge in [0.05, 0.1) is 5.71 Å². The van der Waals surface area contributed by atoms with Gasteiger partial charge in [-0.05, 0) is 13.8 Å². The third kappa shape index (κ3) is 5.03. The van der Waals surface area contributed by atoms with Crippen LogP contribution in [-0.4, -0.2) is 5.71 Å². The number of nitrogens with zero attached hydrogens (tertiary/aromatic N) is 1. The summed E-state index contributed by atoms with van der Waals surface area (Å²) in [5, 5.41) is 3.42. The molecule has 0 heterocycles. The van der Waals surface area contributed by atoms with Gasteiger partial charge in [-0.1, -0.05) is 11.6 Å². The second-order valence-electron chi connectivity index (χ2n) is 1.25. The molecular weight excluding hydrogens is 90.1 g/mol. The Hall–Kier alpha value is -0.970. The maximum atomic E-state index is 4.70. The zero-order chi connectivity index (χ0) is 5.70. The minimum atomic E-state index is 0.818. The summed E-state index contributed by atoms with van der Waals surface area (Å²) in [6.07, 6.45) is 6.61. The first kappa shape index (κ1) is 6.03. The molecule has 0 fully saturated rings. The molecule has 0 amide bonds. The van der Waals surface area contributed by atoms with Crippen molar-refractivity contribution in [3.63, 3.8) is 0 Å².